The Hall–Kier alpha value is -1.78. The third kappa shape index (κ3) is 6.02. The zero-order valence-corrected chi connectivity index (χ0v) is 14.6. The average Bonchev–Trinajstić information content (AvgIpc) is 2.54. The van der Waals surface area contributed by atoms with Gasteiger partial charge >= 0.3 is 0 Å². The summed E-state index contributed by atoms with van der Waals surface area (Å²) in [6, 6.07) is 1.82. The SMILES string of the molecule is CNC(=O)c1ccnc(NCNC2CCC(OS(C)(=O)=O)CC2)n1. The van der Waals surface area contributed by atoms with E-state index in [1.54, 1.807) is 13.1 Å². The number of hydrogen-bond donors (Lipinski definition) is 3. The van der Waals surface area contributed by atoms with Crippen LogP contribution in [0.3, 0.4) is 0 Å². The molecule has 2 rings (SSSR count). The fourth-order valence-electron chi connectivity index (χ4n) is 2.58. The number of aromatic nitrogens is 2. The number of nitrogens with zero attached hydrogens (tertiary/aromatic N) is 2. The van der Waals surface area contributed by atoms with Crippen LogP contribution in [0.25, 0.3) is 0 Å². The maximum atomic E-state index is 11.5. The number of carbonyl (C=O) groups is 1. The topological polar surface area (TPSA) is 122 Å². The molecule has 0 bridgehead atoms. The molecule has 1 heterocycles. The molecule has 0 saturated heterocycles. The highest BCUT2D eigenvalue weighted by Gasteiger charge is 2.24. The van der Waals surface area contributed by atoms with Gasteiger partial charge in [0.1, 0.15) is 5.69 Å². The van der Waals surface area contributed by atoms with Crippen LogP contribution in [0.5, 0.6) is 0 Å². The number of hydrogen-bond acceptors (Lipinski definition) is 8. The summed E-state index contributed by atoms with van der Waals surface area (Å²) in [5.74, 6) is 0.107. The Morgan fingerprint density at radius 2 is 2.04 bits per heavy atom. The molecule has 0 aromatic carbocycles. The quantitative estimate of drug-likeness (QED) is 0.463. The Balaban J connectivity index is 1.73. The summed E-state index contributed by atoms with van der Waals surface area (Å²) in [5, 5.41) is 8.85. The molecule has 0 aliphatic heterocycles. The molecule has 3 N–H and O–H groups in total. The molecule has 9 nitrogen and oxygen atoms in total. The van der Waals surface area contributed by atoms with Crippen molar-refractivity contribution in [2.24, 2.45) is 0 Å². The highest BCUT2D eigenvalue weighted by molar-refractivity contribution is 7.86. The Morgan fingerprint density at radius 3 is 2.67 bits per heavy atom. The monoisotopic (exact) mass is 357 g/mol. The molecule has 0 radical (unpaired) electrons. The molecular weight excluding hydrogens is 334 g/mol. The lowest BCUT2D eigenvalue weighted by molar-refractivity contribution is 0.0958. The van der Waals surface area contributed by atoms with Gasteiger partial charge < -0.3 is 10.6 Å². The van der Waals surface area contributed by atoms with Gasteiger partial charge in [0.25, 0.3) is 16.0 Å². The van der Waals surface area contributed by atoms with Gasteiger partial charge in [-0.05, 0) is 31.7 Å². The van der Waals surface area contributed by atoms with Gasteiger partial charge in [-0.25, -0.2) is 9.97 Å². The molecule has 1 aromatic heterocycles. The largest absolute Gasteiger partial charge is 0.354 e. The molecule has 0 unspecified atom stereocenters. The van der Waals surface area contributed by atoms with Crippen LogP contribution in [0.1, 0.15) is 36.2 Å². The molecule has 0 atom stereocenters. The van der Waals surface area contributed by atoms with Crippen molar-refractivity contribution in [3.05, 3.63) is 18.0 Å². The second-order valence-corrected chi connectivity index (χ2v) is 7.28. The first-order valence-corrected chi connectivity index (χ1v) is 9.59. The maximum absolute atomic E-state index is 11.5. The van der Waals surface area contributed by atoms with Crippen molar-refractivity contribution in [3.63, 3.8) is 0 Å². The number of rotatable bonds is 7. The molecule has 134 valence electrons. The summed E-state index contributed by atoms with van der Waals surface area (Å²) in [6.45, 7) is 0.458. The first-order chi connectivity index (χ1) is 11.4. The molecule has 1 saturated carbocycles. The van der Waals surface area contributed by atoms with Crippen molar-refractivity contribution < 1.29 is 17.4 Å². The third-order valence-corrected chi connectivity index (χ3v) is 4.36. The normalized spacial score (nSPS) is 21.2. The van der Waals surface area contributed by atoms with E-state index in [9.17, 15) is 13.2 Å². The van der Waals surface area contributed by atoms with Crippen LogP contribution >= 0.6 is 0 Å². The van der Waals surface area contributed by atoms with Crippen molar-refractivity contribution in [1.29, 1.82) is 0 Å². The summed E-state index contributed by atoms with van der Waals surface area (Å²) >= 11 is 0. The smallest absolute Gasteiger partial charge is 0.269 e. The Labute approximate surface area is 141 Å². The summed E-state index contributed by atoms with van der Waals surface area (Å²) in [4.78, 5) is 19.7. The summed E-state index contributed by atoms with van der Waals surface area (Å²) < 4.78 is 27.3. The van der Waals surface area contributed by atoms with Gasteiger partial charge in [0, 0.05) is 19.3 Å². The zero-order valence-electron chi connectivity index (χ0n) is 13.8. The fourth-order valence-corrected chi connectivity index (χ4v) is 3.27. The van der Waals surface area contributed by atoms with Crippen molar-refractivity contribution in [2.45, 2.75) is 37.8 Å². The standard InChI is InChI=1S/C14H23N5O4S/c1-15-13(20)12-7-8-16-14(19-12)18-9-17-10-3-5-11(6-4-10)23-24(2,21)22/h7-8,10-11,17H,3-6,9H2,1-2H3,(H,15,20)(H,16,18,19). The van der Waals surface area contributed by atoms with E-state index in [-0.39, 0.29) is 18.1 Å². The maximum Gasteiger partial charge on any atom is 0.269 e. The van der Waals surface area contributed by atoms with Crippen LogP contribution in [-0.4, -0.2) is 56.4 Å². The van der Waals surface area contributed by atoms with E-state index in [1.165, 1.54) is 6.20 Å². The van der Waals surface area contributed by atoms with E-state index in [4.69, 9.17) is 4.18 Å². The zero-order chi connectivity index (χ0) is 17.6. The molecule has 1 fully saturated rings. The lowest BCUT2D eigenvalue weighted by atomic mass is 9.93. The van der Waals surface area contributed by atoms with Crippen LogP contribution in [0.15, 0.2) is 12.3 Å². The second kappa shape index (κ2) is 8.36. The number of nitrogens with one attached hydrogen (secondary N) is 3. The summed E-state index contributed by atoms with van der Waals surface area (Å²) in [7, 11) is -1.84. The number of carbonyl (C=O) groups excluding carboxylic acids is 1. The van der Waals surface area contributed by atoms with E-state index < -0.39 is 10.1 Å². The molecule has 1 amide bonds. The van der Waals surface area contributed by atoms with Crippen LogP contribution in [0, 0.1) is 0 Å². The minimum atomic E-state index is -3.39. The van der Waals surface area contributed by atoms with Crippen molar-refractivity contribution in [1.82, 2.24) is 20.6 Å². The molecule has 1 aliphatic rings. The molecule has 1 aromatic rings. The van der Waals surface area contributed by atoms with Gasteiger partial charge in [-0.2, -0.15) is 8.42 Å². The van der Waals surface area contributed by atoms with Crippen molar-refractivity contribution in [3.8, 4) is 0 Å². The fraction of sp³-hybridized carbons (Fsp3) is 0.643. The first-order valence-electron chi connectivity index (χ1n) is 7.78. The van der Waals surface area contributed by atoms with Gasteiger partial charge in [-0.15, -0.1) is 0 Å². The molecule has 24 heavy (non-hydrogen) atoms. The van der Waals surface area contributed by atoms with E-state index >= 15 is 0 Å². The number of anilines is 1. The Morgan fingerprint density at radius 1 is 1.33 bits per heavy atom. The van der Waals surface area contributed by atoms with Crippen molar-refractivity contribution in [2.75, 3.05) is 25.3 Å². The molecule has 1 aliphatic carbocycles. The van der Waals surface area contributed by atoms with Gasteiger partial charge in [-0.1, -0.05) is 0 Å². The first kappa shape index (κ1) is 18.6. The minimum Gasteiger partial charge on any atom is -0.354 e. The van der Waals surface area contributed by atoms with Crippen LogP contribution in [-0.2, 0) is 14.3 Å². The lowest BCUT2D eigenvalue weighted by Gasteiger charge is -2.28. The van der Waals surface area contributed by atoms with Crippen LogP contribution < -0.4 is 16.0 Å². The van der Waals surface area contributed by atoms with E-state index in [1.807, 2.05) is 0 Å². The van der Waals surface area contributed by atoms with Gasteiger partial charge in [0.15, 0.2) is 0 Å². The average molecular weight is 357 g/mol. The predicted molar refractivity (Wildman–Crippen MR) is 89.0 cm³/mol. The predicted octanol–water partition coefficient (Wildman–Crippen LogP) is 0.0826. The Kier molecular flexibility index (Phi) is 6.46. The molecule has 0 spiro atoms. The van der Waals surface area contributed by atoms with E-state index in [2.05, 4.69) is 25.9 Å². The van der Waals surface area contributed by atoms with Crippen LogP contribution in [0.2, 0.25) is 0 Å². The van der Waals surface area contributed by atoms with Crippen molar-refractivity contribution >= 4 is 22.0 Å². The summed E-state index contributed by atoms with van der Waals surface area (Å²) in [5.41, 5.74) is 0.299. The van der Waals surface area contributed by atoms with Gasteiger partial charge in [0.05, 0.1) is 19.0 Å². The molecule has 10 heteroatoms. The number of amides is 1. The minimum absolute atomic E-state index is 0.224. The van der Waals surface area contributed by atoms with Gasteiger partial charge in [0.2, 0.25) is 5.95 Å². The van der Waals surface area contributed by atoms with Crippen LogP contribution in [0.4, 0.5) is 5.95 Å². The molecular formula is C14H23N5O4S. The Bertz CT molecular complexity index is 659. The lowest BCUT2D eigenvalue weighted by Crippen LogP contribution is -2.38. The third-order valence-electron chi connectivity index (χ3n) is 3.74. The van der Waals surface area contributed by atoms with E-state index in [0.29, 0.717) is 31.2 Å². The highest BCUT2D eigenvalue weighted by atomic mass is 32.2. The highest BCUT2D eigenvalue weighted by Crippen LogP contribution is 2.22. The summed E-state index contributed by atoms with van der Waals surface area (Å²) in [6.07, 6.45) is 5.45. The second-order valence-electron chi connectivity index (χ2n) is 5.68. The van der Waals surface area contributed by atoms with Gasteiger partial charge in [-0.3, -0.25) is 14.3 Å². The van der Waals surface area contributed by atoms with E-state index in [0.717, 1.165) is 19.1 Å².